The van der Waals surface area contributed by atoms with E-state index in [1.807, 2.05) is 0 Å². The highest BCUT2D eigenvalue weighted by Gasteiger charge is 2.35. The van der Waals surface area contributed by atoms with Crippen LogP contribution in [0.25, 0.3) is 0 Å². The van der Waals surface area contributed by atoms with Crippen LogP contribution in [-0.2, 0) is 14.3 Å². The van der Waals surface area contributed by atoms with Crippen LogP contribution in [0.3, 0.4) is 0 Å². The molecule has 2 fully saturated rings. The summed E-state index contributed by atoms with van der Waals surface area (Å²) in [5.41, 5.74) is -0.136. The second-order valence-electron chi connectivity index (χ2n) is 6.04. The van der Waals surface area contributed by atoms with Crippen molar-refractivity contribution >= 4 is 5.97 Å². The average molecular weight is 257 g/mol. The molecule has 0 aromatic rings. The van der Waals surface area contributed by atoms with E-state index < -0.39 is 12.1 Å². The quantitative estimate of drug-likeness (QED) is 0.821. The summed E-state index contributed by atoms with van der Waals surface area (Å²) in [6.45, 7) is 8.82. The second-order valence-corrected chi connectivity index (χ2v) is 6.04. The van der Waals surface area contributed by atoms with Crippen molar-refractivity contribution < 1.29 is 19.4 Å². The number of ether oxygens (including phenoxy) is 2. The summed E-state index contributed by atoms with van der Waals surface area (Å²) >= 11 is 0. The van der Waals surface area contributed by atoms with Gasteiger partial charge in [0.2, 0.25) is 0 Å². The Balaban J connectivity index is 1.85. The molecule has 2 saturated heterocycles. The van der Waals surface area contributed by atoms with Gasteiger partial charge in [0.25, 0.3) is 0 Å². The first-order valence-corrected chi connectivity index (χ1v) is 6.64. The zero-order valence-electron chi connectivity index (χ0n) is 11.4. The lowest BCUT2D eigenvalue weighted by atomic mass is 10.0. The van der Waals surface area contributed by atoms with Crippen LogP contribution in [0, 0.1) is 0 Å². The van der Waals surface area contributed by atoms with Crippen LogP contribution in [0.5, 0.6) is 0 Å². The van der Waals surface area contributed by atoms with Gasteiger partial charge in [-0.05, 0) is 33.6 Å². The van der Waals surface area contributed by atoms with Gasteiger partial charge in [0, 0.05) is 19.6 Å². The Morgan fingerprint density at radius 1 is 1.44 bits per heavy atom. The molecule has 0 aliphatic carbocycles. The molecule has 0 saturated carbocycles. The fourth-order valence-electron chi connectivity index (χ4n) is 3.03. The standard InChI is InChI=1S/C13H23NO4/c1-9-6-14(8-13(2,3)18-9)7-10-4-5-11(17-10)12(15)16/h9-11H,4-8H2,1-3H3,(H,15,16). The molecule has 2 aliphatic heterocycles. The van der Waals surface area contributed by atoms with E-state index in [1.165, 1.54) is 0 Å². The summed E-state index contributed by atoms with van der Waals surface area (Å²) in [7, 11) is 0. The Hall–Kier alpha value is -0.650. The van der Waals surface area contributed by atoms with Crippen LogP contribution in [0.15, 0.2) is 0 Å². The number of carboxylic acids is 1. The third kappa shape index (κ3) is 3.43. The molecule has 0 amide bonds. The van der Waals surface area contributed by atoms with E-state index in [0.717, 1.165) is 26.1 Å². The molecule has 5 heteroatoms. The maximum atomic E-state index is 10.8. The van der Waals surface area contributed by atoms with Crippen LogP contribution in [-0.4, -0.2) is 59.5 Å². The Labute approximate surface area is 108 Å². The zero-order valence-corrected chi connectivity index (χ0v) is 11.4. The molecule has 0 aromatic carbocycles. The van der Waals surface area contributed by atoms with Crippen molar-refractivity contribution in [3.8, 4) is 0 Å². The number of aliphatic carboxylic acids is 1. The lowest BCUT2D eigenvalue weighted by Crippen LogP contribution is -2.53. The highest BCUT2D eigenvalue weighted by molar-refractivity contribution is 5.72. The molecule has 0 radical (unpaired) electrons. The van der Waals surface area contributed by atoms with E-state index in [2.05, 4.69) is 25.7 Å². The minimum atomic E-state index is -0.840. The number of hydrogen-bond donors (Lipinski definition) is 1. The molecular weight excluding hydrogens is 234 g/mol. The Morgan fingerprint density at radius 3 is 2.72 bits per heavy atom. The topological polar surface area (TPSA) is 59.0 Å². The predicted molar refractivity (Wildman–Crippen MR) is 66.6 cm³/mol. The van der Waals surface area contributed by atoms with Crippen LogP contribution in [0.1, 0.15) is 33.6 Å². The monoisotopic (exact) mass is 257 g/mol. The largest absolute Gasteiger partial charge is 0.479 e. The summed E-state index contributed by atoms with van der Waals surface area (Å²) < 4.78 is 11.4. The highest BCUT2D eigenvalue weighted by Crippen LogP contribution is 2.25. The Morgan fingerprint density at radius 2 is 2.17 bits per heavy atom. The van der Waals surface area contributed by atoms with E-state index in [4.69, 9.17) is 14.6 Å². The van der Waals surface area contributed by atoms with Crippen LogP contribution < -0.4 is 0 Å². The molecule has 1 N–H and O–H groups in total. The van der Waals surface area contributed by atoms with Crippen molar-refractivity contribution in [2.24, 2.45) is 0 Å². The number of rotatable bonds is 3. The first-order chi connectivity index (χ1) is 8.35. The normalized spacial score (nSPS) is 36.7. The molecule has 2 aliphatic rings. The van der Waals surface area contributed by atoms with E-state index in [9.17, 15) is 4.79 Å². The molecule has 0 spiro atoms. The van der Waals surface area contributed by atoms with Crippen molar-refractivity contribution in [1.29, 1.82) is 0 Å². The van der Waals surface area contributed by atoms with Crippen LogP contribution >= 0.6 is 0 Å². The third-order valence-corrected chi connectivity index (χ3v) is 3.48. The molecule has 3 atom stereocenters. The van der Waals surface area contributed by atoms with E-state index in [-0.39, 0.29) is 17.8 Å². The highest BCUT2D eigenvalue weighted by atomic mass is 16.5. The number of nitrogens with zero attached hydrogens (tertiary/aromatic N) is 1. The number of hydrogen-bond acceptors (Lipinski definition) is 4. The van der Waals surface area contributed by atoms with E-state index in [0.29, 0.717) is 6.42 Å². The zero-order chi connectivity index (χ0) is 13.3. The summed E-state index contributed by atoms with van der Waals surface area (Å²) in [6.07, 6.45) is 1.12. The van der Waals surface area contributed by atoms with Gasteiger partial charge in [0.05, 0.1) is 17.8 Å². The minimum Gasteiger partial charge on any atom is -0.479 e. The average Bonchev–Trinajstić information content (AvgIpc) is 2.62. The fourth-order valence-corrected chi connectivity index (χ4v) is 3.03. The fraction of sp³-hybridized carbons (Fsp3) is 0.923. The Kier molecular flexibility index (Phi) is 3.94. The third-order valence-electron chi connectivity index (χ3n) is 3.48. The summed E-state index contributed by atoms with van der Waals surface area (Å²) in [6, 6.07) is 0. The maximum absolute atomic E-state index is 10.8. The second kappa shape index (κ2) is 5.15. The predicted octanol–water partition coefficient (Wildman–Crippen LogP) is 1.12. The molecule has 3 unspecified atom stereocenters. The van der Waals surface area contributed by atoms with Crippen LogP contribution in [0.4, 0.5) is 0 Å². The smallest absolute Gasteiger partial charge is 0.332 e. The number of carboxylic acid groups (broad SMARTS) is 1. The Bertz CT molecular complexity index is 318. The van der Waals surface area contributed by atoms with Gasteiger partial charge in [0.15, 0.2) is 6.10 Å². The van der Waals surface area contributed by atoms with Gasteiger partial charge in [-0.2, -0.15) is 0 Å². The molecule has 0 aromatic heterocycles. The van der Waals surface area contributed by atoms with Crippen molar-refractivity contribution in [1.82, 2.24) is 4.90 Å². The molecule has 104 valence electrons. The van der Waals surface area contributed by atoms with Crippen molar-refractivity contribution in [3.05, 3.63) is 0 Å². The first kappa shape index (κ1) is 13.8. The molecule has 18 heavy (non-hydrogen) atoms. The summed E-state index contributed by atoms with van der Waals surface area (Å²) in [5, 5.41) is 8.90. The van der Waals surface area contributed by atoms with Crippen molar-refractivity contribution in [2.45, 2.75) is 57.5 Å². The van der Waals surface area contributed by atoms with Gasteiger partial charge in [0.1, 0.15) is 0 Å². The van der Waals surface area contributed by atoms with Gasteiger partial charge in [-0.3, -0.25) is 4.90 Å². The van der Waals surface area contributed by atoms with Gasteiger partial charge in [-0.1, -0.05) is 0 Å². The molecule has 0 bridgehead atoms. The lowest BCUT2D eigenvalue weighted by Gasteiger charge is -2.42. The van der Waals surface area contributed by atoms with Gasteiger partial charge >= 0.3 is 5.97 Å². The SMILES string of the molecule is CC1CN(CC2CCC(C(=O)O)O2)CC(C)(C)O1. The van der Waals surface area contributed by atoms with Crippen molar-refractivity contribution in [2.75, 3.05) is 19.6 Å². The van der Waals surface area contributed by atoms with Gasteiger partial charge in [-0.15, -0.1) is 0 Å². The van der Waals surface area contributed by atoms with E-state index in [1.54, 1.807) is 0 Å². The van der Waals surface area contributed by atoms with Gasteiger partial charge in [-0.25, -0.2) is 4.79 Å². The maximum Gasteiger partial charge on any atom is 0.332 e. The van der Waals surface area contributed by atoms with E-state index >= 15 is 0 Å². The lowest BCUT2D eigenvalue weighted by molar-refractivity contribution is -0.153. The number of morpholine rings is 1. The molecule has 2 rings (SSSR count). The van der Waals surface area contributed by atoms with Gasteiger partial charge < -0.3 is 14.6 Å². The molecule has 5 nitrogen and oxygen atoms in total. The molecular formula is C13H23NO4. The molecule has 2 heterocycles. The summed E-state index contributed by atoms with van der Waals surface area (Å²) in [5.74, 6) is -0.840. The minimum absolute atomic E-state index is 0.0483. The first-order valence-electron chi connectivity index (χ1n) is 6.64. The number of carbonyl (C=O) groups is 1. The van der Waals surface area contributed by atoms with Crippen LogP contribution in [0.2, 0.25) is 0 Å². The summed E-state index contributed by atoms with van der Waals surface area (Å²) in [4.78, 5) is 13.2. The van der Waals surface area contributed by atoms with Crippen molar-refractivity contribution in [3.63, 3.8) is 0 Å².